The van der Waals surface area contributed by atoms with Crippen LogP contribution in [0.3, 0.4) is 0 Å². The van der Waals surface area contributed by atoms with E-state index in [9.17, 15) is 0 Å². The molecular formula is C13H28N2. The highest BCUT2D eigenvalue weighted by molar-refractivity contribution is 4.88. The summed E-state index contributed by atoms with van der Waals surface area (Å²) >= 11 is 0. The third-order valence-corrected chi connectivity index (χ3v) is 3.69. The highest BCUT2D eigenvalue weighted by Crippen LogP contribution is 2.27. The van der Waals surface area contributed by atoms with E-state index in [1.54, 1.807) is 0 Å². The van der Waals surface area contributed by atoms with Crippen LogP contribution in [0.15, 0.2) is 0 Å². The number of hydrogen-bond acceptors (Lipinski definition) is 2. The Balaban J connectivity index is 2.38. The van der Waals surface area contributed by atoms with Crippen LogP contribution in [-0.4, -0.2) is 36.1 Å². The molecule has 0 aliphatic carbocycles. The van der Waals surface area contributed by atoms with E-state index in [1.165, 1.54) is 25.7 Å². The summed E-state index contributed by atoms with van der Waals surface area (Å²) in [6, 6.07) is 2.31. The van der Waals surface area contributed by atoms with E-state index in [0.717, 1.165) is 25.2 Å². The molecule has 0 bridgehead atoms. The van der Waals surface area contributed by atoms with Crippen molar-refractivity contribution >= 4 is 0 Å². The van der Waals surface area contributed by atoms with Crippen molar-refractivity contribution in [2.24, 2.45) is 0 Å². The Morgan fingerprint density at radius 3 is 2.67 bits per heavy atom. The van der Waals surface area contributed by atoms with Gasteiger partial charge in [-0.15, -0.1) is 0 Å². The molecule has 0 aromatic heterocycles. The molecular weight excluding hydrogens is 184 g/mol. The highest BCUT2D eigenvalue weighted by Gasteiger charge is 2.32. The van der Waals surface area contributed by atoms with Gasteiger partial charge in [0.15, 0.2) is 0 Å². The third kappa shape index (κ3) is 3.46. The standard InChI is InChI=1S/C13H28N2/c1-5-9-14-10-12(4)15-11(3)7-8-13(15)6-2/h11-14H,5-10H2,1-4H3. The largest absolute Gasteiger partial charge is 0.315 e. The number of likely N-dealkylation sites (tertiary alicyclic amines) is 1. The molecule has 1 aliphatic heterocycles. The minimum absolute atomic E-state index is 0.694. The fourth-order valence-electron chi connectivity index (χ4n) is 2.89. The van der Waals surface area contributed by atoms with Crippen LogP contribution in [0.4, 0.5) is 0 Å². The van der Waals surface area contributed by atoms with Gasteiger partial charge in [-0.05, 0) is 46.1 Å². The minimum Gasteiger partial charge on any atom is -0.315 e. The van der Waals surface area contributed by atoms with Gasteiger partial charge in [0, 0.05) is 24.7 Å². The lowest BCUT2D eigenvalue weighted by Gasteiger charge is -2.34. The Labute approximate surface area is 95.4 Å². The van der Waals surface area contributed by atoms with Crippen molar-refractivity contribution in [3.63, 3.8) is 0 Å². The van der Waals surface area contributed by atoms with Gasteiger partial charge in [0.25, 0.3) is 0 Å². The Morgan fingerprint density at radius 1 is 1.33 bits per heavy atom. The van der Waals surface area contributed by atoms with Gasteiger partial charge in [-0.3, -0.25) is 4.90 Å². The first kappa shape index (κ1) is 13.0. The summed E-state index contributed by atoms with van der Waals surface area (Å²) in [6.45, 7) is 11.6. The van der Waals surface area contributed by atoms with Crippen LogP contribution in [0, 0.1) is 0 Å². The Bertz CT molecular complexity index is 170. The second kappa shape index (κ2) is 6.49. The van der Waals surface area contributed by atoms with Gasteiger partial charge in [-0.25, -0.2) is 0 Å². The molecule has 1 fully saturated rings. The minimum atomic E-state index is 0.694. The van der Waals surface area contributed by atoms with Gasteiger partial charge in [0.2, 0.25) is 0 Å². The van der Waals surface area contributed by atoms with E-state index >= 15 is 0 Å². The predicted molar refractivity (Wildman–Crippen MR) is 67.2 cm³/mol. The zero-order chi connectivity index (χ0) is 11.3. The maximum absolute atomic E-state index is 3.54. The maximum atomic E-state index is 3.54. The molecule has 0 aromatic rings. The molecule has 0 spiro atoms. The number of rotatable bonds is 6. The maximum Gasteiger partial charge on any atom is 0.0198 e. The fraction of sp³-hybridized carbons (Fsp3) is 1.00. The van der Waals surface area contributed by atoms with Crippen molar-refractivity contribution in [2.45, 2.75) is 71.5 Å². The van der Waals surface area contributed by atoms with Gasteiger partial charge in [0.1, 0.15) is 0 Å². The zero-order valence-corrected chi connectivity index (χ0v) is 10.9. The lowest BCUT2D eigenvalue weighted by Crippen LogP contribution is -2.46. The highest BCUT2D eigenvalue weighted by atomic mass is 15.2. The number of nitrogens with one attached hydrogen (secondary N) is 1. The molecule has 90 valence electrons. The second-order valence-corrected chi connectivity index (χ2v) is 4.99. The lowest BCUT2D eigenvalue weighted by atomic mass is 10.1. The molecule has 1 heterocycles. The molecule has 0 aromatic carbocycles. The van der Waals surface area contributed by atoms with E-state index in [4.69, 9.17) is 0 Å². The quantitative estimate of drug-likeness (QED) is 0.681. The summed E-state index contributed by atoms with van der Waals surface area (Å²) in [7, 11) is 0. The molecule has 2 nitrogen and oxygen atoms in total. The third-order valence-electron chi connectivity index (χ3n) is 3.69. The Kier molecular flexibility index (Phi) is 5.62. The normalized spacial score (nSPS) is 29.6. The molecule has 1 saturated heterocycles. The van der Waals surface area contributed by atoms with Gasteiger partial charge in [-0.1, -0.05) is 13.8 Å². The molecule has 0 amide bonds. The van der Waals surface area contributed by atoms with Crippen molar-refractivity contribution in [3.8, 4) is 0 Å². The van der Waals surface area contributed by atoms with Crippen molar-refractivity contribution < 1.29 is 0 Å². The van der Waals surface area contributed by atoms with Crippen molar-refractivity contribution in [1.29, 1.82) is 0 Å². The molecule has 15 heavy (non-hydrogen) atoms. The van der Waals surface area contributed by atoms with E-state index in [2.05, 4.69) is 37.9 Å². The Morgan fingerprint density at radius 2 is 2.07 bits per heavy atom. The molecule has 1 aliphatic rings. The summed E-state index contributed by atoms with van der Waals surface area (Å²) in [5.74, 6) is 0. The van der Waals surface area contributed by atoms with E-state index in [1.807, 2.05) is 0 Å². The average molecular weight is 212 g/mol. The van der Waals surface area contributed by atoms with Crippen LogP contribution in [0.1, 0.15) is 53.4 Å². The first-order chi connectivity index (χ1) is 7.20. The van der Waals surface area contributed by atoms with E-state index in [0.29, 0.717) is 6.04 Å². The van der Waals surface area contributed by atoms with E-state index < -0.39 is 0 Å². The summed E-state index contributed by atoms with van der Waals surface area (Å²) in [5, 5.41) is 3.54. The molecule has 2 heteroatoms. The first-order valence-corrected chi connectivity index (χ1v) is 6.68. The van der Waals surface area contributed by atoms with Crippen molar-refractivity contribution in [2.75, 3.05) is 13.1 Å². The lowest BCUT2D eigenvalue weighted by molar-refractivity contribution is 0.141. The van der Waals surface area contributed by atoms with Crippen molar-refractivity contribution in [1.82, 2.24) is 10.2 Å². The molecule has 0 saturated carbocycles. The second-order valence-electron chi connectivity index (χ2n) is 4.99. The van der Waals surface area contributed by atoms with Crippen LogP contribution in [0.5, 0.6) is 0 Å². The van der Waals surface area contributed by atoms with Crippen LogP contribution >= 0.6 is 0 Å². The van der Waals surface area contributed by atoms with Gasteiger partial charge >= 0.3 is 0 Å². The molecule has 3 unspecified atom stereocenters. The SMILES string of the molecule is CCCNCC(C)N1C(C)CCC1CC. The summed E-state index contributed by atoms with van der Waals surface area (Å²) in [5.41, 5.74) is 0. The number of nitrogens with zero attached hydrogens (tertiary/aromatic N) is 1. The van der Waals surface area contributed by atoms with Crippen LogP contribution in [0.2, 0.25) is 0 Å². The molecule has 1 N–H and O–H groups in total. The summed E-state index contributed by atoms with van der Waals surface area (Å²) in [6.07, 6.45) is 5.33. The van der Waals surface area contributed by atoms with Crippen LogP contribution in [0.25, 0.3) is 0 Å². The van der Waals surface area contributed by atoms with Crippen LogP contribution < -0.4 is 5.32 Å². The summed E-state index contributed by atoms with van der Waals surface area (Å²) in [4.78, 5) is 2.72. The zero-order valence-electron chi connectivity index (χ0n) is 10.9. The average Bonchev–Trinajstić information content (AvgIpc) is 2.59. The first-order valence-electron chi connectivity index (χ1n) is 6.68. The topological polar surface area (TPSA) is 15.3 Å². The summed E-state index contributed by atoms with van der Waals surface area (Å²) < 4.78 is 0. The van der Waals surface area contributed by atoms with Gasteiger partial charge in [0.05, 0.1) is 0 Å². The van der Waals surface area contributed by atoms with Crippen LogP contribution in [-0.2, 0) is 0 Å². The van der Waals surface area contributed by atoms with Gasteiger partial charge < -0.3 is 5.32 Å². The fourth-order valence-corrected chi connectivity index (χ4v) is 2.89. The molecule has 0 radical (unpaired) electrons. The Hall–Kier alpha value is -0.0800. The van der Waals surface area contributed by atoms with E-state index in [-0.39, 0.29) is 0 Å². The van der Waals surface area contributed by atoms with Gasteiger partial charge in [-0.2, -0.15) is 0 Å². The number of hydrogen-bond donors (Lipinski definition) is 1. The monoisotopic (exact) mass is 212 g/mol. The predicted octanol–water partition coefficient (Wildman–Crippen LogP) is 2.64. The smallest absolute Gasteiger partial charge is 0.0198 e. The van der Waals surface area contributed by atoms with Crippen molar-refractivity contribution in [3.05, 3.63) is 0 Å². The molecule has 1 rings (SSSR count). The molecule has 3 atom stereocenters.